The van der Waals surface area contributed by atoms with Crippen molar-refractivity contribution in [3.05, 3.63) is 40.6 Å². The molecule has 1 aliphatic heterocycles. The minimum atomic E-state index is -0.561. The van der Waals surface area contributed by atoms with Crippen LogP contribution in [-0.4, -0.2) is 5.79 Å². The Morgan fingerprint density at radius 3 is 2.78 bits per heavy atom. The van der Waals surface area contributed by atoms with E-state index in [1.807, 2.05) is 32.0 Å². The Balaban J connectivity index is 1.72. The van der Waals surface area contributed by atoms with E-state index in [1.165, 1.54) is 4.88 Å². The van der Waals surface area contributed by atoms with Crippen LogP contribution in [0, 0.1) is 0 Å². The highest BCUT2D eigenvalue weighted by atomic mass is 32.1. The number of anilines is 1. The first-order valence-corrected chi connectivity index (χ1v) is 6.79. The Kier molecular flexibility index (Phi) is 2.67. The van der Waals surface area contributed by atoms with Crippen LogP contribution >= 0.6 is 11.3 Å². The first-order valence-electron chi connectivity index (χ1n) is 5.91. The molecule has 1 N–H and O–H groups in total. The van der Waals surface area contributed by atoms with E-state index in [2.05, 4.69) is 22.8 Å². The number of rotatable bonds is 3. The average Bonchev–Trinajstić information content (AvgIpc) is 2.90. The van der Waals surface area contributed by atoms with Gasteiger partial charge in [0.2, 0.25) is 5.79 Å². The number of nitrogens with one attached hydrogen (secondary N) is 1. The molecule has 1 aromatic carbocycles. The third-order valence-electron chi connectivity index (χ3n) is 2.70. The quantitative estimate of drug-likeness (QED) is 0.909. The molecule has 4 heteroatoms. The van der Waals surface area contributed by atoms with E-state index in [1.54, 1.807) is 11.3 Å². The van der Waals surface area contributed by atoms with Crippen LogP contribution in [0.15, 0.2) is 35.7 Å². The van der Waals surface area contributed by atoms with E-state index in [0.29, 0.717) is 0 Å². The van der Waals surface area contributed by atoms with Gasteiger partial charge in [0.05, 0.1) is 0 Å². The smallest absolute Gasteiger partial charge is 0.246 e. The van der Waals surface area contributed by atoms with Crippen LogP contribution in [0.2, 0.25) is 0 Å². The zero-order valence-corrected chi connectivity index (χ0v) is 11.2. The fourth-order valence-corrected chi connectivity index (χ4v) is 2.58. The molecule has 2 heterocycles. The zero-order valence-electron chi connectivity index (χ0n) is 10.4. The lowest BCUT2D eigenvalue weighted by atomic mass is 10.3. The van der Waals surface area contributed by atoms with Crippen LogP contribution in [0.1, 0.15) is 18.7 Å². The molecule has 94 valence electrons. The van der Waals surface area contributed by atoms with Crippen LogP contribution in [0.3, 0.4) is 0 Å². The predicted octanol–water partition coefficient (Wildman–Crippen LogP) is 3.87. The van der Waals surface area contributed by atoms with Gasteiger partial charge in [-0.15, -0.1) is 11.3 Å². The van der Waals surface area contributed by atoms with Crippen molar-refractivity contribution in [1.29, 1.82) is 0 Å². The molecule has 18 heavy (non-hydrogen) atoms. The minimum absolute atomic E-state index is 0.561. The Hall–Kier alpha value is -1.68. The van der Waals surface area contributed by atoms with E-state index in [9.17, 15) is 0 Å². The summed E-state index contributed by atoms with van der Waals surface area (Å²) in [5, 5.41) is 5.46. The van der Waals surface area contributed by atoms with Gasteiger partial charge in [-0.1, -0.05) is 6.07 Å². The molecular formula is C14H15NO2S. The maximum absolute atomic E-state index is 5.71. The van der Waals surface area contributed by atoms with Crippen molar-refractivity contribution in [3.8, 4) is 11.5 Å². The molecule has 0 atom stereocenters. The molecule has 3 rings (SSSR count). The molecule has 0 aliphatic carbocycles. The van der Waals surface area contributed by atoms with Crippen LogP contribution < -0.4 is 14.8 Å². The summed E-state index contributed by atoms with van der Waals surface area (Å²) in [7, 11) is 0. The van der Waals surface area contributed by atoms with Gasteiger partial charge in [0.25, 0.3) is 0 Å². The van der Waals surface area contributed by atoms with Crippen LogP contribution in [0.5, 0.6) is 11.5 Å². The topological polar surface area (TPSA) is 30.5 Å². The van der Waals surface area contributed by atoms with E-state index in [-0.39, 0.29) is 0 Å². The van der Waals surface area contributed by atoms with E-state index < -0.39 is 5.79 Å². The molecule has 0 bridgehead atoms. The summed E-state index contributed by atoms with van der Waals surface area (Å²) in [6.07, 6.45) is 0. The van der Waals surface area contributed by atoms with Crippen molar-refractivity contribution < 1.29 is 9.47 Å². The van der Waals surface area contributed by atoms with Crippen LogP contribution in [-0.2, 0) is 6.54 Å². The SMILES string of the molecule is CC1(C)Oc2ccc(NCc3cccs3)cc2O1. The van der Waals surface area contributed by atoms with E-state index >= 15 is 0 Å². The summed E-state index contributed by atoms with van der Waals surface area (Å²) >= 11 is 1.75. The van der Waals surface area contributed by atoms with Crippen molar-refractivity contribution in [2.75, 3.05) is 5.32 Å². The summed E-state index contributed by atoms with van der Waals surface area (Å²) in [5.74, 6) is 1.05. The van der Waals surface area contributed by atoms with Gasteiger partial charge in [-0.3, -0.25) is 0 Å². The number of ether oxygens (including phenoxy) is 2. The van der Waals surface area contributed by atoms with Crippen molar-refractivity contribution in [3.63, 3.8) is 0 Å². The third-order valence-corrected chi connectivity index (χ3v) is 3.58. The standard InChI is InChI=1S/C14H15NO2S/c1-14(2)16-12-6-5-10(8-13(12)17-14)15-9-11-4-3-7-18-11/h3-8,15H,9H2,1-2H3. The predicted molar refractivity (Wildman–Crippen MR) is 73.4 cm³/mol. The molecule has 1 aromatic heterocycles. The summed E-state index contributed by atoms with van der Waals surface area (Å²) < 4.78 is 11.4. The fourth-order valence-electron chi connectivity index (χ4n) is 1.93. The highest BCUT2D eigenvalue weighted by molar-refractivity contribution is 7.09. The number of hydrogen-bond donors (Lipinski definition) is 1. The van der Waals surface area contributed by atoms with Gasteiger partial charge in [-0.25, -0.2) is 0 Å². The Bertz CT molecular complexity index is 549. The molecule has 2 aromatic rings. The van der Waals surface area contributed by atoms with Gasteiger partial charge in [0.1, 0.15) is 0 Å². The van der Waals surface area contributed by atoms with E-state index in [0.717, 1.165) is 23.7 Å². The normalized spacial score (nSPS) is 15.7. The molecule has 0 unspecified atom stereocenters. The lowest BCUT2D eigenvalue weighted by Gasteiger charge is -2.16. The second kappa shape index (κ2) is 4.21. The Morgan fingerprint density at radius 1 is 1.17 bits per heavy atom. The molecular weight excluding hydrogens is 246 g/mol. The molecule has 3 nitrogen and oxygen atoms in total. The molecule has 1 aliphatic rings. The van der Waals surface area contributed by atoms with Crippen molar-refractivity contribution in [2.45, 2.75) is 26.2 Å². The van der Waals surface area contributed by atoms with Crippen LogP contribution in [0.4, 0.5) is 5.69 Å². The molecule has 0 saturated heterocycles. The van der Waals surface area contributed by atoms with Gasteiger partial charge in [0, 0.05) is 37.0 Å². The second-order valence-corrected chi connectivity index (χ2v) is 5.73. The van der Waals surface area contributed by atoms with Gasteiger partial charge in [0.15, 0.2) is 11.5 Å². The zero-order chi connectivity index (χ0) is 12.6. The lowest BCUT2D eigenvalue weighted by molar-refractivity contribution is -0.0431. The van der Waals surface area contributed by atoms with Crippen molar-refractivity contribution in [2.24, 2.45) is 0 Å². The summed E-state index contributed by atoms with van der Waals surface area (Å²) in [5.41, 5.74) is 1.04. The molecule has 0 saturated carbocycles. The molecule has 0 radical (unpaired) electrons. The highest BCUT2D eigenvalue weighted by Gasteiger charge is 2.31. The molecule has 0 amide bonds. The maximum Gasteiger partial charge on any atom is 0.246 e. The summed E-state index contributed by atoms with van der Waals surface area (Å²) in [6.45, 7) is 4.65. The van der Waals surface area contributed by atoms with Crippen LogP contribution in [0.25, 0.3) is 0 Å². The largest absolute Gasteiger partial charge is 0.449 e. The van der Waals surface area contributed by atoms with Gasteiger partial charge in [-0.05, 0) is 23.6 Å². The summed E-state index contributed by atoms with van der Waals surface area (Å²) in [6, 6.07) is 10.1. The first kappa shape index (κ1) is 11.4. The Labute approximate surface area is 110 Å². The number of benzene rings is 1. The van der Waals surface area contributed by atoms with Crippen molar-refractivity contribution in [1.82, 2.24) is 0 Å². The molecule has 0 spiro atoms. The average molecular weight is 261 g/mol. The minimum Gasteiger partial charge on any atom is -0.449 e. The number of fused-ring (bicyclic) bond motifs is 1. The van der Waals surface area contributed by atoms with E-state index in [4.69, 9.17) is 9.47 Å². The highest BCUT2D eigenvalue weighted by Crippen LogP contribution is 2.40. The Morgan fingerprint density at radius 2 is 2.00 bits per heavy atom. The number of hydrogen-bond acceptors (Lipinski definition) is 4. The van der Waals surface area contributed by atoms with Gasteiger partial charge >= 0.3 is 0 Å². The van der Waals surface area contributed by atoms with Gasteiger partial charge < -0.3 is 14.8 Å². The third kappa shape index (κ3) is 2.29. The lowest BCUT2D eigenvalue weighted by Crippen LogP contribution is -2.29. The van der Waals surface area contributed by atoms with Gasteiger partial charge in [-0.2, -0.15) is 0 Å². The summed E-state index contributed by atoms with van der Waals surface area (Å²) in [4.78, 5) is 1.31. The second-order valence-electron chi connectivity index (χ2n) is 4.70. The first-order chi connectivity index (χ1) is 8.62. The number of thiophene rings is 1. The maximum atomic E-state index is 5.71. The molecule has 0 fully saturated rings. The van der Waals surface area contributed by atoms with Crippen molar-refractivity contribution >= 4 is 17.0 Å². The fraction of sp³-hybridized carbons (Fsp3) is 0.286. The monoisotopic (exact) mass is 261 g/mol.